The van der Waals surface area contributed by atoms with E-state index in [0.717, 1.165) is 0 Å². The van der Waals surface area contributed by atoms with Gasteiger partial charge in [-0.1, -0.05) is 12.1 Å². The van der Waals surface area contributed by atoms with Crippen molar-refractivity contribution in [3.8, 4) is 6.07 Å². The van der Waals surface area contributed by atoms with Gasteiger partial charge in [-0.05, 0) is 31.2 Å². The molecule has 1 atom stereocenters. The summed E-state index contributed by atoms with van der Waals surface area (Å²) < 4.78 is 5.04. The number of non-ortho nitro benzene ring substituents is 1. The van der Waals surface area contributed by atoms with E-state index in [2.05, 4.69) is 5.32 Å². The zero-order valence-electron chi connectivity index (χ0n) is 13.1. The van der Waals surface area contributed by atoms with Crippen LogP contribution in [0.4, 0.5) is 11.4 Å². The molecule has 0 spiro atoms. The number of nitrogens with one attached hydrogen (secondary N) is 1. The number of esters is 1. The maximum Gasteiger partial charge on any atom is 0.338 e. The van der Waals surface area contributed by atoms with E-state index in [4.69, 9.17) is 10.00 Å². The highest BCUT2D eigenvalue weighted by Gasteiger charge is 2.20. The highest BCUT2D eigenvalue weighted by atomic mass is 16.6. The van der Waals surface area contributed by atoms with Gasteiger partial charge in [-0.2, -0.15) is 5.26 Å². The van der Waals surface area contributed by atoms with Gasteiger partial charge in [0.2, 0.25) is 0 Å². The Morgan fingerprint density at radius 3 is 2.44 bits per heavy atom. The van der Waals surface area contributed by atoms with Crippen molar-refractivity contribution < 1.29 is 19.2 Å². The second-order valence-electron chi connectivity index (χ2n) is 5.00. The standard InChI is InChI=1S/C17H13N3O5/c1-11(16(21)19-15-5-3-2-4-13(15)10-18)25-17(22)12-6-8-14(9-7-12)20(23)24/h2-9,11H,1H3,(H,19,21)/t11-/m1/s1. The van der Waals surface area contributed by atoms with Crippen molar-refractivity contribution in [3.05, 3.63) is 69.8 Å². The smallest absolute Gasteiger partial charge is 0.338 e. The van der Waals surface area contributed by atoms with E-state index in [0.29, 0.717) is 5.69 Å². The van der Waals surface area contributed by atoms with Gasteiger partial charge in [0.05, 0.1) is 21.7 Å². The minimum Gasteiger partial charge on any atom is -0.449 e. The molecule has 2 aromatic carbocycles. The Bertz CT molecular complexity index is 855. The second-order valence-corrected chi connectivity index (χ2v) is 5.00. The number of nitro groups is 1. The molecule has 0 saturated carbocycles. The van der Waals surface area contributed by atoms with Crippen molar-refractivity contribution >= 4 is 23.3 Å². The van der Waals surface area contributed by atoms with Crippen molar-refractivity contribution in [2.24, 2.45) is 0 Å². The third-order valence-corrected chi connectivity index (χ3v) is 3.27. The van der Waals surface area contributed by atoms with Crippen LogP contribution < -0.4 is 5.32 Å². The van der Waals surface area contributed by atoms with E-state index in [1.54, 1.807) is 24.3 Å². The highest BCUT2D eigenvalue weighted by Crippen LogP contribution is 2.16. The molecule has 0 fully saturated rings. The van der Waals surface area contributed by atoms with E-state index >= 15 is 0 Å². The predicted octanol–water partition coefficient (Wildman–Crippen LogP) is 2.65. The molecule has 2 rings (SSSR count). The summed E-state index contributed by atoms with van der Waals surface area (Å²) in [4.78, 5) is 34.1. The number of ether oxygens (including phenoxy) is 1. The molecular weight excluding hydrogens is 326 g/mol. The molecule has 0 bridgehead atoms. The Morgan fingerprint density at radius 2 is 1.84 bits per heavy atom. The van der Waals surface area contributed by atoms with Crippen LogP contribution in [0.25, 0.3) is 0 Å². The molecule has 0 heterocycles. The Morgan fingerprint density at radius 1 is 1.20 bits per heavy atom. The first kappa shape index (κ1) is 17.6. The van der Waals surface area contributed by atoms with Crippen LogP contribution in [0, 0.1) is 21.4 Å². The van der Waals surface area contributed by atoms with Gasteiger partial charge in [-0.15, -0.1) is 0 Å². The van der Waals surface area contributed by atoms with Gasteiger partial charge in [0.15, 0.2) is 6.10 Å². The molecule has 8 heteroatoms. The van der Waals surface area contributed by atoms with Gasteiger partial charge in [0.25, 0.3) is 11.6 Å². The summed E-state index contributed by atoms with van der Waals surface area (Å²) in [5.41, 5.74) is 0.524. The minimum atomic E-state index is -1.12. The number of carbonyl (C=O) groups excluding carboxylic acids is 2. The molecule has 0 aromatic heterocycles. The van der Waals surface area contributed by atoms with Gasteiger partial charge < -0.3 is 10.1 Å². The van der Waals surface area contributed by atoms with Crippen LogP contribution >= 0.6 is 0 Å². The van der Waals surface area contributed by atoms with Gasteiger partial charge in [0, 0.05) is 12.1 Å². The maximum absolute atomic E-state index is 12.1. The van der Waals surface area contributed by atoms with Crippen molar-refractivity contribution in [1.82, 2.24) is 0 Å². The third kappa shape index (κ3) is 4.39. The Labute approximate surface area is 142 Å². The molecule has 1 N–H and O–H groups in total. The molecule has 0 radical (unpaired) electrons. The average Bonchev–Trinajstić information content (AvgIpc) is 2.62. The normalized spacial score (nSPS) is 11.0. The number of amides is 1. The summed E-state index contributed by atoms with van der Waals surface area (Å²) in [6, 6.07) is 13.2. The lowest BCUT2D eigenvalue weighted by molar-refractivity contribution is -0.384. The monoisotopic (exact) mass is 339 g/mol. The number of para-hydroxylation sites is 1. The lowest BCUT2D eigenvalue weighted by atomic mass is 10.2. The number of hydrogen-bond donors (Lipinski definition) is 1. The fraction of sp³-hybridized carbons (Fsp3) is 0.118. The fourth-order valence-electron chi connectivity index (χ4n) is 1.93. The van der Waals surface area contributed by atoms with E-state index in [1.165, 1.54) is 31.2 Å². The summed E-state index contributed by atoms with van der Waals surface area (Å²) in [7, 11) is 0. The third-order valence-electron chi connectivity index (χ3n) is 3.27. The maximum atomic E-state index is 12.1. The van der Waals surface area contributed by atoms with Gasteiger partial charge in [-0.25, -0.2) is 4.79 Å². The molecule has 0 unspecified atom stereocenters. The van der Waals surface area contributed by atoms with E-state index < -0.39 is 22.9 Å². The summed E-state index contributed by atoms with van der Waals surface area (Å²) in [5.74, 6) is -1.39. The number of benzene rings is 2. The molecule has 25 heavy (non-hydrogen) atoms. The molecule has 0 aliphatic heterocycles. The summed E-state index contributed by atoms with van der Waals surface area (Å²) >= 11 is 0. The average molecular weight is 339 g/mol. The van der Waals surface area contributed by atoms with Crippen LogP contribution in [0.5, 0.6) is 0 Å². The molecule has 0 aliphatic rings. The number of carbonyl (C=O) groups is 2. The molecule has 2 aromatic rings. The number of nitro benzene ring substituents is 1. The van der Waals surface area contributed by atoms with Gasteiger partial charge >= 0.3 is 5.97 Å². The SMILES string of the molecule is C[C@@H](OC(=O)c1ccc([N+](=O)[O-])cc1)C(=O)Nc1ccccc1C#N. The van der Waals surface area contributed by atoms with Crippen molar-refractivity contribution in [3.63, 3.8) is 0 Å². The quantitative estimate of drug-likeness (QED) is 0.507. The molecule has 0 aliphatic carbocycles. The Balaban J connectivity index is 2.02. The zero-order chi connectivity index (χ0) is 18.4. The van der Waals surface area contributed by atoms with E-state index in [-0.39, 0.29) is 16.8 Å². The van der Waals surface area contributed by atoms with Crippen LogP contribution in [0.3, 0.4) is 0 Å². The first-order valence-electron chi connectivity index (χ1n) is 7.18. The predicted molar refractivity (Wildman–Crippen MR) is 87.8 cm³/mol. The minimum absolute atomic E-state index is 0.0858. The lowest BCUT2D eigenvalue weighted by Crippen LogP contribution is -2.30. The van der Waals surface area contributed by atoms with E-state index in [9.17, 15) is 19.7 Å². The van der Waals surface area contributed by atoms with Crippen LogP contribution in [-0.2, 0) is 9.53 Å². The van der Waals surface area contributed by atoms with Crippen LogP contribution in [0.15, 0.2) is 48.5 Å². The molecular formula is C17H13N3O5. The molecule has 8 nitrogen and oxygen atoms in total. The Hall–Kier alpha value is -3.73. The molecule has 126 valence electrons. The molecule has 0 saturated heterocycles. The number of rotatable bonds is 5. The van der Waals surface area contributed by atoms with Crippen LogP contribution in [0.2, 0.25) is 0 Å². The summed E-state index contributed by atoms with van der Waals surface area (Å²) in [6.45, 7) is 1.38. The Kier molecular flexibility index (Phi) is 5.43. The van der Waals surface area contributed by atoms with Crippen molar-refractivity contribution in [1.29, 1.82) is 5.26 Å². The van der Waals surface area contributed by atoms with Gasteiger partial charge in [-0.3, -0.25) is 14.9 Å². The van der Waals surface area contributed by atoms with Crippen molar-refractivity contribution in [2.45, 2.75) is 13.0 Å². The number of anilines is 1. The number of nitrogens with zero attached hydrogens (tertiary/aromatic N) is 2. The second kappa shape index (κ2) is 7.70. The number of nitriles is 1. The van der Waals surface area contributed by atoms with Crippen molar-refractivity contribution in [2.75, 3.05) is 5.32 Å². The topological polar surface area (TPSA) is 122 Å². The first-order chi connectivity index (χ1) is 11.9. The first-order valence-corrected chi connectivity index (χ1v) is 7.18. The van der Waals surface area contributed by atoms with Crippen LogP contribution in [0.1, 0.15) is 22.8 Å². The van der Waals surface area contributed by atoms with Crippen LogP contribution in [-0.4, -0.2) is 22.9 Å². The largest absolute Gasteiger partial charge is 0.449 e. The highest BCUT2D eigenvalue weighted by molar-refractivity contribution is 5.98. The zero-order valence-corrected chi connectivity index (χ0v) is 13.1. The lowest BCUT2D eigenvalue weighted by Gasteiger charge is -2.14. The fourth-order valence-corrected chi connectivity index (χ4v) is 1.93. The molecule has 1 amide bonds. The van der Waals surface area contributed by atoms with E-state index in [1.807, 2.05) is 6.07 Å². The number of hydrogen-bond acceptors (Lipinski definition) is 6. The summed E-state index contributed by atoms with van der Waals surface area (Å²) in [6.07, 6.45) is -1.12. The summed E-state index contributed by atoms with van der Waals surface area (Å²) in [5, 5.41) is 22.1. The van der Waals surface area contributed by atoms with Gasteiger partial charge in [0.1, 0.15) is 6.07 Å².